The summed E-state index contributed by atoms with van der Waals surface area (Å²) in [6.45, 7) is 0. The van der Waals surface area contributed by atoms with Crippen molar-refractivity contribution in [3.05, 3.63) is 152 Å². The number of nitrogens with zero attached hydrogens (tertiary/aromatic N) is 1. The Hall–Kier alpha value is -5.34. The fourth-order valence-electron chi connectivity index (χ4n) is 6.02. The molecule has 0 radical (unpaired) electrons. The summed E-state index contributed by atoms with van der Waals surface area (Å²) in [7, 11) is 0. The zero-order valence-electron chi connectivity index (χ0n) is 21.8. The number of rotatable bonds is 4. The lowest BCUT2D eigenvalue weighted by atomic mass is 9.95. The first kappa shape index (κ1) is 22.6. The minimum absolute atomic E-state index is 0.885. The molecule has 0 amide bonds. The van der Waals surface area contributed by atoms with Gasteiger partial charge < -0.3 is 8.98 Å². The molecule has 0 N–H and O–H groups in total. The van der Waals surface area contributed by atoms with Crippen LogP contribution in [0.1, 0.15) is 0 Å². The number of benzene rings is 6. The molecule has 0 spiro atoms. The molecule has 0 aliphatic rings. The molecule has 0 saturated heterocycles. The van der Waals surface area contributed by atoms with Crippen molar-refractivity contribution in [2.45, 2.75) is 0 Å². The molecule has 0 saturated carbocycles. The van der Waals surface area contributed by atoms with Crippen LogP contribution in [-0.4, -0.2) is 4.57 Å². The number of furan rings is 1. The van der Waals surface area contributed by atoms with E-state index >= 15 is 0 Å². The van der Waals surface area contributed by atoms with Crippen LogP contribution in [0.3, 0.4) is 0 Å². The molecule has 8 aromatic rings. The molecule has 6 aromatic carbocycles. The minimum Gasteiger partial charge on any atom is -0.455 e. The fraction of sp³-hybridized carbons (Fsp3) is 0. The van der Waals surface area contributed by atoms with Gasteiger partial charge in [-0.15, -0.1) is 0 Å². The van der Waals surface area contributed by atoms with E-state index in [0.29, 0.717) is 0 Å². The van der Waals surface area contributed by atoms with Gasteiger partial charge in [0.1, 0.15) is 11.5 Å². The zero-order valence-corrected chi connectivity index (χ0v) is 21.8. The Morgan fingerprint density at radius 1 is 0.375 bits per heavy atom. The lowest BCUT2D eigenvalue weighted by Crippen LogP contribution is -1.95. The van der Waals surface area contributed by atoms with Gasteiger partial charge in [-0.3, -0.25) is 0 Å². The average Bonchev–Trinajstić information content (AvgIpc) is 3.58. The van der Waals surface area contributed by atoms with Gasteiger partial charge in [-0.1, -0.05) is 127 Å². The summed E-state index contributed by atoms with van der Waals surface area (Å²) in [6.07, 6.45) is 0. The number of aromatic nitrogens is 1. The first-order valence-corrected chi connectivity index (χ1v) is 13.6. The Morgan fingerprint density at radius 3 is 1.50 bits per heavy atom. The first-order chi connectivity index (χ1) is 19.9. The van der Waals surface area contributed by atoms with Crippen LogP contribution in [0.25, 0.3) is 72.0 Å². The maximum Gasteiger partial charge on any atom is 0.143 e. The molecular weight excluding hydrogens is 486 g/mol. The Morgan fingerprint density at radius 2 is 0.875 bits per heavy atom. The normalized spacial score (nSPS) is 11.5. The molecule has 0 unspecified atom stereocenters. The van der Waals surface area contributed by atoms with Crippen molar-refractivity contribution < 1.29 is 4.42 Å². The predicted molar refractivity (Wildman–Crippen MR) is 167 cm³/mol. The third-order valence-electron chi connectivity index (χ3n) is 7.83. The van der Waals surface area contributed by atoms with Crippen LogP contribution in [0.4, 0.5) is 0 Å². The molecule has 2 aromatic heterocycles. The lowest BCUT2D eigenvalue weighted by molar-refractivity contribution is 0.602. The van der Waals surface area contributed by atoms with E-state index in [1.165, 1.54) is 21.8 Å². The molecule has 0 aliphatic heterocycles. The van der Waals surface area contributed by atoms with E-state index < -0.39 is 0 Å². The van der Waals surface area contributed by atoms with Crippen molar-refractivity contribution in [1.82, 2.24) is 4.57 Å². The van der Waals surface area contributed by atoms with Gasteiger partial charge in [0.05, 0.1) is 11.0 Å². The second-order valence-corrected chi connectivity index (χ2v) is 10.1. The third-order valence-corrected chi connectivity index (χ3v) is 7.83. The largest absolute Gasteiger partial charge is 0.455 e. The predicted octanol–water partition coefficient (Wildman–Crippen LogP) is 10.5. The molecule has 8 rings (SSSR count). The molecule has 188 valence electrons. The fourth-order valence-corrected chi connectivity index (χ4v) is 6.02. The van der Waals surface area contributed by atoms with Gasteiger partial charge in [-0.2, -0.15) is 0 Å². The molecule has 0 aliphatic carbocycles. The van der Waals surface area contributed by atoms with Crippen LogP contribution >= 0.6 is 0 Å². The van der Waals surface area contributed by atoms with Crippen LogP contribution in [0.15, 0.2) is 156 Å². The Kier molecular flexibility index (Phi) is 5.17. The van der Waals surface area contributed by atoms with E-state index in [2.05, 4.69) is 150 Å². The first-order valence-electron chi connectivity index (χ1n) is 13.6. The van der Waals surface area contributed by atoms with Gasteiger partial charge in [0, 0.05) is 38.4 Å². The van der Waals surface area contributed by atoms with E-state index in [4.69, 9.17) is 4.42 Å². The maximum absolute atomic E-state index is 6.84. The average molecular weight is 512 g/mol. The smallest absolute Gasteiger partial charge is 0.143 e. The number of hydrogen-bond acceptors (Lipinski definition) is 1. The van der Waals surface area contributed by atoms with Crippen LogP contribution in [0, 0.1) is 0 Å². The molecule has 2 heterocycles. The van der Waals surface area contributed by atoms with Crippen molar-refractivity contribution in [1.29, 1.82) is 0 Å². The summed E-state index contributed by atoms with van der Waals surface area (Å²) in [5, 5.41) is 4.73. The summed E-state index contributed by atoms with van der Waals surface area (Å²) in [5.74, 6) is 1.78. The summed E-state index contributed by atoms with van der Waals surface area (Å²) in [4.78, 5) is 0. The SMILES string of the molecule is c1ccc(-c2ccc(-n3c4ccccc4c4ccccc43)cc2-c2oc(-c3ccccc3)c3ccccc23)cc1. The van der Waals surface area contributed by atoms with Crippen molar-refractivity contribution in [2.24, 2.45) is 0 Å². The van der Waals surface area contributed by atoms with Gasteiger partial charge in [0.2, 0.25) is 0 Å². The quantitative estimate of drug-likeness (QED) is 0.230. The van der Waals surface area contributed by atoms with Crippen LogP contribution < -0.4 is 0 Å². The lowest BCUT2D eigenvalue weighted by Gasteiger charge is -2.14. The standard InChI is InChI=1S/C38H25NO/c1-3-13-26(14-4-1)29-24-23-28(39-35-21-11-9-17-30(35)31-18-10-12-22-36(31)39)25-34(29)38-33-20-8-7-19-32(33)37(40-38)27-15-5-2-6-16-27/h1-25H. The van der Waals surface area contributed by atoms with Crippen LogP contribution in [0.5, 0.6) is 0 Å². The minimum atomic E-state index is 0.885. The second-order valence-electron chi connectivity index (χ2n) is 10.1. The molecule has 2 nitrogen and oxygen atoms in total. The Labute approximate surface area is 232 Å². The van der Waals surface area contributed by atoms with Crippen LogP contribution in [-0.2, 0) is 0 Å². The highest BCUT2D eigenvalue weighted by molar-refractivity contribution is 6.10. The van der Waals surface area contributed by atoms with E-state index in [9.17, 15) is 0 Å². The molecule has 0 fully saturated rings. The molecule has 2 heteroatoms. The highest BCUT2D eigenvalue weighted by atomic mass is 16.3. The molecule has 0 bridgehead atoms. The number of hydrogen-bond donors (Lipinski definition) is 0. The van der Waals surface area contributed by atoms with E-state index in [1.807, 2.05) is 6.07 Å². The van der Waals surface area contributed by atoms with Gasteiger partial charge in [-0.05, 0) is 35.4 Å². The van der Waals surface area contributed by atoms with E-state index in [1.54, 1.807) is 0 Å². The summed E-state index contributed by atoms with van der Waals surface area (Å²) >= 11 is 0. The molecular formula is C38H25NO. The zero-order chi connectivity index (χ0) is 26.5. The third kappa shape index (κ3) is 3.50. The van der Waals surface area contributed by atoms with E-state index in [-0.39, 0.29) is 0 Å². The van der Waals surface area contributed by atoms with Crippen molar-refractivity contribution in [2.75, 3.05) is 0 Å². The van der Waals surface area contributed by atoms with Gasteiger partial charge in [0.25, 0.3) is 0 Å². The number of fused-ring (bicyclic) bond motifs is 4. The highest BCUT2D eigenvalue weighted by Gasteiger charge is 2.21. The van der Waals surface area contributed by atoms with Gasteiger partial charge >= 0.3 is 0 Å². The summed E-state index contributed by atoms with van der Waals surface area (Å²) in [6, 6.07) is 53.5. The number of para-hydroxylation sites is 2. The van der Waals surface area contributed by atoms with Gasteiger partial charge in [-0.25, -0.2) is 0 Å². The van der Waals surface area contributed by atoms with Gasteiger partial charge in [0.15, 0.2) is 0 Å². The topological polar surface area (TPSA) is 18.1 Å². The monoisotopic (exact) mass is 511 g/mol. The van der Waals surface area contributed by atoms with E-state index in [0.717, 1.165) is 50.2 Å². The highest BCUT2D eigenvalue weighted by Crippen LogP contribution is 2.44. The summed E-state index contributed by atoms with van der Waals surface area (Å²) < 4.78 is 9.20. The molecule has 40 heavy (non-hydrogen) atoms. The Balaban J connectivity index is 1.45. The second kappa shape index (κ2) is 9.14. The Bertz CT molecular complexity index is 2100. The summed E-state index contributed by atoms with van der Waals surface area (Å²) in [5.41, 5.74) is 7.94. The molecule has 0 atom stereocenters. The van der Waals surface area contributed by atoms with Crippen molar-refractivity contribution in [3.63, 3.8) is 0 Å². The maximum atomic E-state index is 6.84. The van der Waals surface area contributed by atoms with Crippen molar-refractivity contribution in [3.8, 4) is 39.5 Å². The van der Waals surface area contributed by atoms with Crippen molar-refractivity contribution >= 4 is 32.6 Å². The van der Waals surface area contributed by atoms with Crippen LogP contribution in [0.2, 0.25) is 0 Å².